The van der Waals surface area contributed by atoms with Gasteiger partial charge in [0.1, 0.15) is 5.75 Å². The van der Waals surface area contributed by atoms with Gasteiger partial charge in [-0.25, -0.2) is 0 Å². The van der Waals surface area contributed by atoms with Crippen molar-refractivity contribution in [3.05, 3.63) is 24.3 Å². The van der Waals surface area contributed by atoms with Crippen LogP contribution in [-0.4, -0.2) is 16.8 Å². The van der Waals surface area contributed by atoms with Crippen LogP contribution in [0.15, 0.2) is 24.3 Å². The van der Waals surface area contributed by atoms with Crippen LogP contribution < -0.4 is 10.6 Å². The minimum absolute atomic E-state index is 0.266. The van der Waals surface area contributed by atoms with Crippen LogP contribution in [0.2, 0.25) is 0 Å². The molecule has 0 aliphatic rings. The average molecular weight is 407 g/mol. The van der Waals surface area contributed by atoms with Crippen LogP contribution in [0.3, 0.4) is 0 Å². The third-order valence-electron chi connectivity index (χ3n) is 5.19. The Labute approximate surface area is 178 Å². The molecular formula is C24H42N2OS. The Morgan fingerprint density at radius 3 is 1.61 bits per heavy atom. The van der Waals surface area contributed by atoms with Crippen molar-refractivity contribution >= 4 is 23.0 Å². The highest BCUT2D eigenvalue weighted by atomic mass is 32.1. The summed E-state index contributed by atoms with van der Waals surface area (Å²) in [5.74, 6) is 0.266. The molecule has 0 saturated heterocycles. The van der Waals surface area contributed by atoms with Crippen LogP contribution >= 0.6 is 12.2 Å². The molecule has 1 rings (SSSR count). The number of nitrogens with one attached hydrogen (secondary N) is 2. The zero-order valence-corrected chi connectivity index (χ0v) is 18.8. The van der Waals surface area contributed by atoms with Gasteiger partial charge in [0.25, 0.3) is 0 Å². The van der Waals surface area contributed by atoms with Crippen LogP contribution in [0.5, 0.6) is 5.75 Å². The van der Waals surface area contributed by atoms with Gasteiger partial charge < -0.3 is 15.7 Å². The number of thiocarbonyl (C=S) groups is 1. The Morgan fingerprint density at radius 1 is 0.714 bits per heavy atom. The number of anilines is 1. The Balaban J connectivity index is 1.79. The molecular weight excluding hydrogens is 364 g/mol. The predicted molar refractivity (Wildman–Crippen MR) is 127 cm³/mol. The first-order chi connectivity index (χ1) is 13.7. The lowest BCUT2D eigenvalue weighted by molar-refractivity contribution is 0.475. The van der Waals surface area contributed by atoms with Gasteiger partial charge in [-0.3, -0.25) is 0 Å². The van der Waals surface area contributed by atoms with Crippen LogP contribution in [-0.2, 0) is 0 Å². The van der Waals surface area contributed by atoms with E-state index in [1.165, 1.54) is 89.9 Å². The second kappa shape index (κ2) is 17.8. The van der Waals surface area contributed by atoms with E-state index < -0.39 is 0 Å². The molecule has 0 aromatic heterocycles. The second-order valence-corrected chi connectivity index (χ2v) is 8.29. The fraction of sp³-hybridized carbons (Fsp3) is 0.708. The molecule has 1 aromatic rings. The van der Waals surface area contributed by atoms with Gasteiger partial charge in [0.15, 0.2) is 5.11 Å². The quantitative estimate of drug-likeness (QED) is 0.142. The van der Waals surface area contributed by atoms with E-state index in [4.69, 9.17) is 12.2 Å². The molecule has 0 fully saturated rings. The van der Waals surface area contributed by atoms with Gasteiger partial charge >= 0.3 is 0 Å². The normalized spacial score (nSPS) is 10.8. The lowest BCUT2D eigenvalue weighted by atomic mass is 10.0. The van der Waals surface area contributed by atoms with E-state index in [2.05, 4.69) is 17.6 Å². The summed E-state index contributed by atoms with van der Waals surface area (Å²) in [6, 6.07) is 6.94. The summed E-state index contributed by atoms with van der Waals surface area (Å²) < 4.78 is 0. The number of rotatable bonds is 17. The molecule has 160 valence electrons. The molecule has 0 saturated carbocycles. The van der Waals surface area contributed by atoms with Gasteiger partial charge in [-0.05, 0) is 42.9 Å². The molecule has 0 spiro atoms. The van der Waals surface area contributed by atoms with Crippen molar-refractivity contribution in [2.24, 2.45) is 0 Å². The number of hydrogen-bond donors (Lipinski definition) is 3. The number of phenolic OH excluding ortho intramolecular Hbond substituents is 1. The molecule has 3 nitrogen and oxygen atoms in total. The molecule has 0 atom stereocenters. The highest BCUT2D eigenvalue weighted by molar-refractivity contribution is 7.80. The van der Waals surface area contributed by atoms with Gasteiger partial charge in [-0.1, -0.05) is 96.8 Å². The molecule has 1 aromatic carbocycles. The summed E-state index contributed by atoms with van der Waals surface area (Å²) >= 11 is 5.29. The zero-order valence-electron chi connectivity index (χ0n) is 18.0. The molecule has 0 unspecified atom stereocenters. The topological polar surface area (TPSA) is 44.3 Å². The van der Waals surface area contributed by atoms with E-state index in [0.717, 1.165) is 18.7 Å². The highest BCUT2D eigenvalue weighted by Crippen LogP contribution is 2.14. The smallest absolute Gasteiger partial charge is 0.170 e. The van der Waals surface area contributed by atoms with Crippen molar-refractivity contribution in [3.63, 3.8) is 0 Å². The molecule has 0 aliphatic heterocycles. The summed E-state index contributed by atoms with van der Waals surface area (Å²) in [6.07, 6.45) is 20.8. The van der Waals surface area contributed by atoms with E-state index in [9.17, 15) is 5.11 Å². The van der Waals surface area contributed by atoms with Gasteiger partial charge in [0.2, 0.25) is 0 Å². The Bertz CT molecular complexity index is 490. The summed E-state index contributed by atoms with van der Waals surface area (Å²) in [4.78, 5) is 0. The van der Waals surface area contributed by atoms with Crippen LogP contribution in [0.1, 0.15) is 103 Å². The van der Waals surface area contributed by atoms with Gasteiger partial charge in [0, 0.05) is 12.2 Å². The van der Waals surface area contributed by atoms with Crippen LogP contribution in [0.4, 0.5) is 5.69 Å². The first kappa shape index (κ1) is 24.7. The number of hydrogen-bond acceptors (Lipinski definition) is 2. The second-order valence-electron chi connectivity index (χ2n) is 7.88. The van der Waals surface area contributed by atoms with Crippen LogP contribution in [0, 0.1) is 0 Å². The van der Waals surface area contributed by atoms with E-state index in [-0.39, 0.29) is 5.75 Å². The summed E-state index contributed by atoms with van der Waals surface area (Å²) in [5, 5.41) is 16.3. The number of aromatic hydroxyl groups is 1. The summed E-state index contributed by atoms with van der Waals surface area (Å²) in [7, 11) is 0. The number of benzene rings is 1. The predicted octanol–water partition coefficient (Wildman–Crippen LogP) is 7.55. The minimum atomic E-state index is 0.266. The number of phenols is 1. The lowest BCUT2D eigenvalue weighted by Crippen LogP contribution is -2.29. The SMILES string of the molecule is CCCCCCCCCCCCCCCCCNC(=S)Nc1ccc(O)cc1. The first-order valence-electron chi connectivity index (χ1n) is 11.6. The standard InChI is InChI=1S/C24H42N2OS/c1-2-3-4-5-6-7-8-9-10-11-12-13-14-15-16-21-25-24(28)26-22-17-19-23(27)20-18-22/h17-20,27H,2-16,21H2,1H3,(H2,25,26,28). The molecule has 0 aliphatic carbocycles. The molecule has 0 heterocycles. The maximum absolute atomic E-state index is 9.27. The maximum Gasteiger partial charge on any atom is 0.170 e. The number of unbranched alkanes of at least 4 members (excludes halogenated alkanes) is 14. The van der Waals surface area contributed by atoms with Gasteiger partial charge in [-0.2, -0.15) is 0 Å². The fourth-order valence-electron chi connectivity index (χ4n) is 3.42. The molecule has 28 heavy (non-hydrogen) atoms. The summed E-state index contributed by atoms with van der Waals surface area (Å²) in [5.41, 5.74) is 0.895. The van der Waals surface area contributed by atoms with Gasteiger partial charge in [0.05, 0.1) is 0 Å². The van der Waals surface area contributed by atoms with Crippen LogP contribution in [0.25, 0.3) is 0 Å². The Kier molecular flexibility index (Phi) is 15.7. The molecule has 3 N–H and O–H groups in total. The van der Waals surface area contributed by atoms with Crippen molar-refractivity contribution in [2.75, 3.05) is 11.9 Å². The summed E-state index contributed by atoms with van der Waals surface area (Å²) in [6.45, 7) is 3.20. The minimum Gasteiger partial charge on any atom is -0.508 e. The van der Waals surface area contributed by atoms with E-state index in [1.807, 2.05) is 12.1 Å². The Morgan fingerprint density at radius 2 is 1.14 bits per heavy atom. The molecule has 4 heteroatoms. The third kappa shape index (κ3) is 14.7. The maximum atomic E-state index is 9.27. The molecule has 0 bridgehead atoms. The van der Waals surface area contributed by atoms with E-state index in [1.54, 1.807) is 12.1 Å². The van der Waals surface area contributed by atoms with Crippen molar-refractivity contribution < 1.29 is 5.11 Å². The largest absolute Gasteiger partial charge is 0.508 e. The van der Waals surface area contributed by atoms with Crippen molar-refractivity contribution in [3.8, 4) is 5.75 Å². The highest BCUT2D eigenvalue weighted by Gasteiger charge is 1.98. The van der Waals surface area contributed by atoms with Crippen molar-refractivity contribution in [1.82, 2.24) is 5.32 Å². The average Bonchev–Trinajstić information content (AvgIpc) is 2.69. The molecule has 0 amide bonds. The van der Waals surface area contributed by atoms with Crippen molar-refractivity contribution in [2.45, 2.75) is 103 Å². The third-order valence-corrected chi connectivity index (χ3v) is 5.44. The monoisotopic (exact) mass is 406 g/mol. The lowest BCUT2D eigenvalue weighted by Gasteiger charge is -2.10. The van der Waals surface area contributed by atoms with Crippen molar-refractivity contribution in [1.29, 1.82) is 0 Å². The Hall–Kier alpha value is -1.29. The zero-order chi connectivity index (χ0) is 20.3. The molecule has 0 radical (unpaired) electrons. The van der Waals surface area contributed by atoms with Gasteiger partial charge in [-0.15, -0.1) is 0 Å². The van der Waals surface area contributed by atoms with E-state index in [0.29, 0.717) is 5.11 Å². The van der Waals surface area contributed by atoms with E-state index >= 15 is 0 Å². The first-order valence-corrected chi connectivity index (χ1v) is 12.0. The fourth-order valence-corrected chi connectivity index (χ4v) is 3.64.